The van der Waals surface area contributed by atoms with Crippen LogP contribution in [-0.2, 0) is 4.79 Å². The maximum Gasteiger partial charge on any atom is 0.158 e. The molecule has 0 aliphatic heterocycles. The lowest BCUT2D eigenvalue weighted by atomic mass is 9.65. The molecule has 0 saturated heterocycles. The summed E-state index contributed by atoms with van der Waals surface area (Å²) in [7, 11) is 0. The number of Topliss-reactive ketones (excluding diaryl/α,β-unsaturated/α-hetero) is 1. The van der Waals surface area contributed by atoms with Gasteiger partial charge in [0.1, 0.15) is 0 Å². The summed E-state index contributed by atoms with van der Waals surface area (Å²) in [6, 6.07) is 0. The van der Waals surface area contributed by atoms with Gasteiger partial charge in [-0.1, -0.05) is 27.4 Å². The molecule has 2 aliphatic rings. The lowest BCUT2D eigenvalue weighted by Crippen LogP contribution is -2.33. The Hall–Kier alpha value is -0.590. The van der Waals surface area contributed by atoms with Gasteiger partial charge in [-0.3, -0.25) is 4.79 Å². The van der Waals surface area contributed by atoms with E-state index in [0.717, 1.165) is 17.9 Å². The Balaban J connectivity index is 2.16. The maximum absolute atomic E-state index is 11.8. The Morgan fingerprint density at radius 3 is 2.38 bits per heavy atom. The van der Waals surface area contributed by atoms with Gasteiger partial charge in [-0.05, 0) is 54.4 Å². The summed E-state index contributed by atoms with van der Waals surface area (Å²) in [6.45, 7) is 12.8. The van der Waals surface area contributed by atoms with Gasteiger partial charge in [0, 0.05) is 6.42 Å². The second kappa shape index (κ2) is 3.45. The van der Waals surface area contributed by atoms with Gasteiger partial charge < -0.3 is 0 Å². The molecule has 0 spiro atoms. The molecule has 90 valence electrons. The molecule has 0 aromatic heterocycles. The molecule has 0 aromatic rings. The van der Waals surface area contributed by atoms with E-state index >= 15 is 0 Å². The van der Waals surface area contributed by atoms with Crippen molar-refractivity contribution in [3.8, 4) is 0 Å². The minimum Gasteiger partial charge on any atom is -0.295 e. The number of ketones is 1. The van der Waals surface area contributed by atoms with Crippen LogP contribution >= 0.6 is 0 Å². The summed E-state index contributed by atoms with van der Waals surface area (Å²) in [5.74, 6) is 1.69. The van der Waals surface area contributed by atoms with Crippen LogP contribution in [0.2, 0.25) is 0 Å². The molecule has 2 bridgehead atoms. The van der Waals surface area contributed by atoms with Crippen LogP contribution in [0.15, 0.2) is 12.2 Å². The molecule has 2 rings (SSSR count). The first kappa shape index (κ1) is 11.9. The van der Waals surface area contributed by atoms with Crippen LogP contribution in [0, 0.1) is 22.7 Å². The Kier molecular flexibility index (Phi) is 2.56. The fourth-order valence-electron chi connectivity index (χ4n) is 4.08. The van der Waals surface area contributed by atoms with Gasteiger partial charge >= 0.3 is 0 Å². The van der Waals surface area contributed by atoms with Gasteiger partial charge in [-0.25, -0.2) is 0 Å². The average Bonchev–Trinajstić information content (AvgIpc) is 2.50. The van der Waals surface area contributed by atoms with Crippen LogP contribution in [-0.4, -0.2) is 5.78 Å². The molecule has 2 fully saturated rings. The summed E-state index contributed by atoms with van der Waals surface area (Å²) < 4.78 is 0. The molecule has 2 saturated carbocycles. The average molecular weight is 220 g/mol. The van der Waals surface area contributed by atoms with Gasteiger partial charge in [0.25, 0.3) is 0 Å². The third kappa shape index (κ3) is 1.40. The minimum absolute atomic E-state index is 0.273. The Morgan fingerprint density at radius 1 is 1.38 bits per heavy atom. The Bertz CT molecular complexity index is 339. The quantitative estimate of drug-likeness (QED) is 0.657. The molecule has 1 nitrogen and oxygen atoms in total. The zero-order chi connectivity index (χ0) is 12.1. The zero-order valence-corrected chi connectivity index (χ0v) is 11.1. The third-order valence-electron chi connectivity index (χ3n) is 5.88. The molecule has 1 heteroatoms. The lowest BCUT2D eigenvalue weighted by molar-refractivity contribution is -0.117. The molecule has 0 radical (unpaired) electrons. The van der Waals surface area contributed by atoms with Crippen molar-refractivity contribution in [2.75, 3.05) is 0 Å². The fraction of sp³-hybridized carbons (Fsp3) is 0.800. The van der Waals surface area contributed by atoms with Gasteiger partial charge in [0.15, 0.2) is 5.78 Å². The van der Waals surface area contributed by atoms with Crippen molar-refractivity contribution in [2.45, 2.75) is 53.4 Å². The van der Waals surface area contributed by atoms with E-state index in [1.165, 1.54) is 19.3 Å². The van der Waals surface area contributed by atoms with Gasteiger partial charge in [-0.2, -0.15) is 0 Å². The maximum atomic E-state index is 11.8. The molecule has 2 aliphatic carbocycles. The molecule has 3 atom stereocenters. The lowest BCUT2D eigenvalue weighted by Gasteiger charge is -2.39. The predicted molar refractivity (Wildman–Crippen MR) is 67.2 cm³/mol. The van der Waals surface area contributed by atoms with E-state index in [1.54, 1.807) is 0 Å². The van der Waals surface area contributed by atoms with E-state index < -0.39 is 0 Å². The topological polar surface area (TPSA) is 17.1 Å². The van der Waals surface area contributed by atoms with Crippen LogP contribution < -0.4 is 0 Å². The van der Waals surface area contributed by atoms with Crippen molar-refractivity contribution in [3.63, 3.8) is 0 Å². The second-order valence-electron chi connectivity index (χ2n) is 6.72. The highest BCUT2D eigenvalue weighted by molar-refractivity contribution is 5.94. The van der Waals surface area contributed by atoms with E-state index in [-0.39, 0.29) is 5.78 Å². The Labute approximate surface area is 99.3 Å². The van der Waals surface area contributed by atoms with Crippen molar-refractivity contribution in [2.24, 2.45) is 22.7 Å². The molecule has 0 aromatic carbocycles. The van der Waals surface area contributed by atoms with Crippen LogP contribution in [0.4, 0.5) is 0 Å². The second-order valence-corrected chi connectivity index (χ2v) is 6.72. The molecule has 0 amide bonds. The monoisotopic (exact) mass is 220 g/mol. The number of carbonyl (C=O) groups excluding carboxylic acids is 1. The number of allylic oxidation sites excluding steroid dienone is 1. The standard InChI is InChI=1S/C15H24O/c1-10(2)13(16)9-12-8-11-6-7-15(12,5)14(11,3)4/h11-12H,1,6-9H2,2-5H3/t11-,12+,15+/m1/s1. The number of fused-ring (bicyclic) bond motifs is 2. The number of rotatable bonds is 3. The zero-order valence-electron chi connectivity index (χ0n) is 11.1. The first-order chi connectivity index (χ1) is 7.29. The van der Waals surface area contributed by atoms with Gasteiger partial charge in [0.05, 0.1) is 0 Å². The van der Waals surface area contributed by atoms with Crippen molar-refractivity contribution in [1.29, 1.82) is 0 Å². The van der Waals surface area contributed by atoms with Crippen LogP contribution in [0.1, 0.15) is 53.4 Å². The van der Waals surface area contributed by atoms with Crippen molar-refractivity contribution in [3.05, 3.63) is 12.2 Å². The largest absolute Gasteiger partial charge is 0.295 e. The number of hydrogen-bond donors (Lipinski definition) is 0. The number of hydrogen-bond acceptors (Lipinski definition) is 1. The van der Waals surface area contributed by atoms with E-state index in [9.17, 15) is 4.79 Å². The van der Waals surface area contributed by atoms with Crippen LogP contribution in [0.5, 0.6) is 0 Å². The third-order valence-corrected chi connectivity index (χ3v) is 5.88. The van der Waals surface area contributed by atoms with Crippen molar-refractivity contribution < 1.29 is 4.79 Å². The summed E-state index contributed by atoms with van der Waals surface area (Å²) >= 11 is 0. The van der Waals surface area contributed by atoms with Gasteiger partial charge in [-0.15, -0.1) is 0 Å². The van der Waals surface area contributed by atoms with Crippen LogP contribution in [0.25, 0.3) is 0 Å². The fourth-order valence-corrected chi connectivity index (χ4v) is 4.08. The first-order valence-corrected chi connectivity index (χ1v) is 6.48. The highest BCUT2D eigenvalue weighted by Gasteiger charge is 2.61. The SMILES string of the molecule is C=C(C)C(=O)C[C@@H]1C[C@H]2CC[C@]1(C)C2(C)C. The van der Waals surface area contributed by atoms with E-state index in [2.05, 4.69) is 27.4 Å². The highest BCUT2D eigenvalue weighted by atomic mass is 16.1. The summed E-state index contributed by atoms with van der Waals surface area (Å²) in [5, 5.41) is 0. The predicted octanol–water partition coefficient (Wildman–Crippen LogP) is 3.98. The molecule has 16 heavy (non-hydrogen) atoms. The summed E-state index contributed by atoms with van der Waals surface area (Å²) in [5.41, 5.74) is 1.53. The molecular formula is C15H24O. The van der Waals surface area contributed by atoms with Crippen molar-refractivity contribution in [1.82, 2.24) is 0 Å². The highest BCUT2D eigenvalue weighted by Crippen LogP contribution is 2.68. The van der Waals surface area contributed by atoms with E-state index in [4.69, 9.17) is 0 Å². The van der Waals surface area contributed by atoms with E-state index in [1.807, 2.05) is 6.92 Å². The number of carbonyl (C=O) groups is 1. The Morgan fingerprint density at radius 2 is 2.00 bits per heavy atom. The minimum atomic E-state index is 0.273. The molecule has 0 heterocycles. The molecule has 0 N–H and O–H groups in total. The van der Waals surface area contributed by atoms with Gasteiger partial charge in [0.2, 0.25) is 0 Å². The smallest absolute Gasteiger partial charge is 0.158 e. The summed E-state index contributed by atoms with van der Waals surface area (Å²) in [4.78, 5) is 11.8. The van der Waals surface area contributed by atoms with Crippen molar-refractivity contribution >= 4 is 5.78 Å². The normalized spacial score (nSPS) is 40.0. The first-order valence-electron chi connectivity index (χ1n) is 6.48. The molecule has 0 unspecified atom stereocenters. The van der Waals surface area contributed by atoms with E-state index in [0.29, 0.717) is 16.7 Å². The molecular weight excluding hydrogens is 196 g/mol. The van der Waals surface area contributed by atoms with Crippen LogP contribution in [0.3, 0.4) is 0 Å². The summed E-state index contributed by atoms with van der Waals surface area (Å²) in [6.07, 6.45) is 4.65.